The largest absolute Gasteiger partial charge is 0.483 e. The Morgan fingerprint density at radius 1 is 1.04 bits per heavy atom. The molecule has 0 radical (unpaired) electrons. The van der Waals surface area contributed by atoms with Crippen molar-refractivity contribution in [1.82, 2.24) is 0 Å². The van der Waals surface area contributed by atoms with E-state index in [1.54, 1.807) is 30.3 Å². The number of hydrogen-bond donors (Lipinski definition) is 0. The zero-order valence-corrected chi connectivity index (χ0v) is 14.9. The van der Waals surface area contributed by atoms with Crippen LogP contribution in [0, 0.1) is 4.91 Å². The van der Waals surface area contributed by atoms with Crippen molar-refractivity contribution in [3.05, 3.63) is 70.6 Å². The number of nitroso groups, excluding NO2 is 1. The highest BCUT2D eigenvalue weighted by molar-refractivity contribution is 7.86. The fraction of sp³-hybridized carbons (Fsp3) is 0.235. The van der Waals surface area contributed by atoms with E-state index in [9.17, 15) is 31.3 Å². The van der Waals surface area contributed by atoms with Crippen LogP contribution in [0.4, 0.5) is 13.2 Å². The molecule has 0 N–H and O–H groups in total. The van der Waals surface area contributed by atoms with Gasteiger partial charge in [-0.15, -0.1) is 4.91 Å². The second-order valence-corrected chi connectivity index (χ2v) is 7.08. The van der Waals surface area contributed by atoms with Crippen molar-refractivity contribution in [3.8, 4) is 5.75 Å². The first kappa shape index (κ1) is 21.5. The summed E-state index contributed by atoms with van der Waals surface area (Å²) in [5.74, 6) is -2.97. The number of nitrogens with zero attached hydrogens (tertiary/aromatic N) is 1. The van der Waals surface area contributed by atoms with E-state index in [2.05, 4.69) is 5.18 Å². The molecule has 28 heavy (non-hydrogen) atoms. The third-order valence-electron chi connectivity index (χ3n) is 3.43. The predicted octanol–water partition coefficient (Wildman–Crippen LogP) is 3.62. The van der Waals surface area contributed by atoms with Crippen molar-refractivity contribution < 1.29 is 35.3 Å². The fourth-order valence-corrected chi connectivity index (χ4v) is 2.68. The second-order valence-electron chi connectivity index (χ2n) is 5.47. The average Bonchev–Trinajstić information content (AvgIpc) is 2.65. The molecule has 150 valence electrons. The molecule has 0 spiro atoms. The summed E-state index contributed by atoms with van der Waals surface area (Å²) in [6.45, 7) is -0.495. The van der Waals surface area contributed by atoms with E-state index in [-0.39, 0.29) is 5.75 Å². The summed E-state index contributed by atoms with van der Waals surface area (Å²) in [6, 6.07) is 12.5. The normalized spacial score (nSPS) is 13.0. The number of Topliss-reactive ketones (excluding diaryl/α,β-unsaturated/α-hetero) is 1. The monoisotopic (exact) mass is 417 g/mol. The van der Waals surface area contributed by atoms with Gasteiger partial charge in [-0.1, -0.05) is 35.5 Å². The molecule has 0 fully saturated rings. The first-order valence-corrected chi connectivity index (χ1v) is 9.29. The lowest BCUT2D eigenvalue weighted by molar-refractivity contribution is -0.0885. The third kappa shape index (κ3) is 6.13. The van der Waals surface area contributed by atoms with Crippen LogP contribution in [0.1, 0.15) is 22.0 Å². The molecule has 0 aliphatic rings. The van der Waals surface area contributed by atoms with Gasteiger partial charge >= 0.3 is 6.18 Å². The van der Waals surface area contributed by atoms with Crippen molar-refractivity contribution in [3.63, 3.8) is 0 Å². The molecule has 0 aliphatic carbocycles. The van der Waals surface area contributed by atoms with Gasteiger partial charge in [0.2, 0.25) is 5.88 Å². The lowest BCUT2D eigenvalue weighted by Gasteiger charge is -2.19. The van der Waals surface area contributed by atoms with Gasteiger partial charge in [0.1, 0.15) is 18.5 Å². The highest BCUT2D eigenvalue weighted by Gasteiger charge is 2.39. The molecular formula is C17H14F3NO6S. The number of hydrogen-bond acceptors (Lipinski definition) is 7. The SMILES string of the molecule is O=NCS(=O)(=O)OCC(Oc1ccc(C(=O)C(F)(F)F)cc1)c1ccccc1. The topological polar surface area (TPSA) is 99.1 Å². The van der Waals surface area contributed by atoms with E-state index in [1.165, 1.54) is 0 Å². The third-order valence-corrected chi connectivity index (χ3v) is 4.35. The quantitative estimate of drug-likeness (QED) is 0.351. The number of ether oxygens (including phenoxy) is 1. The van der Waals surface area contributed by atoms with Crippen LogP contribution in [0.5, 0.6) is 5.75 Å². The van der Waals surface area contributed by atoms with Crippen molar-refractivity contribution in [2.24, 2.45) is 5.18 Å². The maximum atomic E-state index is 12.5. The molecule has 0 aromatic heterocycles. The number of rotatable bonds is 9. The Balaban J connectivity index is 2.18. The van der Waals surface area contributed by atoms with Crippen LogP contribution >= 0.6 is 0 Å². The Hall–Kier alpha value is -2.79. The molecule has 1 unspecified atom stereocenters. The van der Waals surface area contributed by atoms with Gasteiger partial charge < -0.3 is 4.74 Å². The lowest BCUT2D eigenvalue weighted by Crippen LogP contribution is -2.22. The van der Waals surface area contributed by atoms with Crippen LogP contribution in [0.15, 0.2) is 59.8 Å². The van der Waals surface area contributed by atoms with Gasteiger partial charge in [0.25, 0.3) is 15.9 Å². The lowest BCUT2D eigenvalue weighted by atomic mass is 10.1. The Bertz CT molecular complexity index is 914. The summed E-state index contributed by atoms with van der Waals surface area (Å²) in [5.41, 5.74) is -0.0424. The molecule has 1 atom stereocenters. The van der Waals surface area contributed by atoms with Gasteiger partial charge in [-0.3, -0.25) is 8.98 Å². The van der Waals surface area contributed by atoms with Crippen LogP contribution in [0.25, 0.3) is 0 Å². The van der Waals surface area contributed by atoms with Crippen LogP contribution in [-0.4, -0.2) is 32.9 Å². The molecular weight excluding hydrogens is 403 g/mol. The van der Waals surface area contributed by atoms with E-state index >= 15 is 0 Å². The number of alkyl halides is 3. The van der Waals surface area contributed by atoms with Gasteiger partial charge in [0.15, 0.2) is 0 Å². The maximum absolute atomic E-state index is 12.5. The summed E-state index contributed by atoms with van der Waals surface area (Å²) < 4.78 is 70.7. The summed E-state index contributed by atoms with van der Waals surface area (Å²) in [5, 5.41) is 2.26. The summed E-state index contributed by atoms with van der Waals surface area (Å²) in [6.07, 6.45) is -5.95. The van der Waals surface area contributed by atoms with Gasteiger partial charge in [-0.05, 0) is 29.8 Å². The zero-order chi connectivity index (χ0) is 20.8. The summed E-state index contributed by atoms with van der Waals surface area (Å²) in [4.78, 5) is 21.3. The molecule has 2 aromatic rings. The minimum atomic E-state index is -5.00. The number of carbonyl (C=O) groups excluding carboxylic acids is 1. The van der Waals surface area contributed by atoms with E-state index in [1.807, 2.05) is 0 Å². The standard InChI is InChI=1S/C17H14F3NO6S/c18-17(19,20)16(22)13-6-8-14(9-7-13)27-15(12-4-2-1-3-5-12)10-26-28(24,25)11-21-23/h1-9,15H,10-11H2. The number of benzene rings is 2. The Morgan fingerprint density at radius 3 is 2.18 bits per heavy atom. The highest BCUT2D eigenvalue weighted by atomic mass is 32.2. The first-order valence-electron chi connectivity index (χ1n) is 7.72. The van der Waals surface area contributed by atoms with Gasteiger partial charge in [-0.25, -0.2) is 0 Å². The number of ketones is 1. The average molecular weight is 417 g/mol. The predicted molar refractivity (Wildman–Crippen MR) is 92.2 cm³/mol. The molecule has 2 aromatic carbocycles. The smallest absolute Gasteiger partial charge is 0.454 e. The van der Waals surface area contributed by atoms with E-state index < -0.39 is 46.2 Å². The van der Waals surface area contributed by atoms with Gasteiger partial charge in [0, 0.05) is 5.56 Å². The van der Waals surface area contributed by atoms with Crippen LogP contribution in [-0.2, 0) is 14.3 Å². The summed E-state index contributed by atoms with van der Waals surface area (Å²) >= 11 is 0. The van der Waals surface area contributed by atoms with Crippen molar-refractivity contribution in [1.29, 1.82) is 0 Å². The van der Waals surface area contributed by atoms with Crippen molar-refractivity contribution in [2.75, 3.05) is 12.5 Å². The van der Waals surface area contributed by atoms with E-state index in [0.29, 0.717) is 5.56 Å². The van der Waals surface area contributed by atoms with E-state index in [0.717, 1.165) is 24.3 Å². The minimum absolute atomic E-state index is 0.0853. The molecule has 7 nitrogen and oxygen atoms in total. The minimum Gasteiger partial charge on any atom is -0.483 e. The maximum Gasteiger partial charge on any atom is 0.454 e. The van der Waals surface area contributed by atoms with Crippen LogP contribution < -0.4 is 4.74 Å². The molecule has 0 heterocycles. The fourth-order valence-electron chi connectivity index (χ4n) is 2.15. The Kier molecular flexibility index (Phi) is 6.86. The molecule has 0 aliphatic heterocycles. The number of carbonyl (C=O) groups is 1. The summed E-state index contributed by atoms with van der Waals surface area (Å²) in [7, 11) is -4.19. The first-order chi connectivity index (χ1) is 13.1. The molecule has 0 saturated heterocycles. The van der Waals surface area contributed by atoms with Gasteiger partial charge in [-0.2, -0.15) is 21.6 Å². The molecule has 0 saturated carbocycles. The Labute approximate surface area is 158 Å². The molecule has 2 rings (SSSR count). The van der Waals surface area contributed by atoms with Crippen molar-refractivity contribution in [2.45, 2.75) is 12.3 Å². The Morgan fingerprint density at radius 2 is 1.64 bits per heavy atom. The van der Waals surface area contributed by atoms with E-state index in [4.69, 9.17) is 8.92 Å². The van der Waals surface area contributed by atoms with Crippen LogP contribution in [0.3, 0.4) is 0 Å². The second kappa shape index (κ2) is 8.93. The molecule has 11 heteroatoms. The van der Waals surface area contributed by atoms with Gasteiger partial charge in [0.05, 0.1) is 0 Å². The number of halogens is 3. The van der Waals surface area contributed by atoms with Crippen molar-refractivity contribution >= 4 is 15.9 Å². The molecule has 0 bridgehead atoms. The molecule has 0 amide bonds. The van der Waals surface area contributed by atoms with Crippen LogP contribution in [0.2, 0.25) is 0 Å². The highest BCUT2D eigenvalue weighted by Crippen LogP contribution is 2.26. The zero-order valence-electron chi connectivity index (χ0n) is 14.1.